The lowest BCUT2D eigenvalue weighted by Crippen LogP contribution is -2.26. The van der Waals surface area contributed by atoms with E-state index in [-0.39, 0.29) is 11.0 Å². The van der Waals surface area contributed by atoms with Gasteiger partial charge in [0.2, 0.25) is 5.95 Å². The van der Waals surface area contributed by atoms with Crippen LogP contribution in [0, 0.1) is 5.92 Å². The molecule has 0 saturated carbocycles. The molecule has 3 heterocycles. The van der Waals surface area contributed by atoms with Crippen molar-refractivity contribution < 1.29 is 0 Å². The fourth-order valence-corrected chi connectivity index (χ4v) is 5.31. The average Bonchev–Trinajstić information content (AvgIpc) is 3.14. The molecule has 1 N–H and O–H groups in total. The summed E-state index contributed by atoms with van der Waals surface area (Å²) in [6, 6.07) is 10.5. The second-order valence-corrected chi connectivity index (χ2v) is 11.4. The molecule has 1 aliphatic carbocycles. The van der Waals surface area contributed by atoms with Crippen LogP contribution < -0.4 is 10.9 Å². The molecule has 8 heteroatoms. The Kier molecular flexibility index (Phi) is 6.62. The Morgan fingerprint density at radius 1 is 1.11 bits per heavy atom. The van der Waals surface area contributed by atoms with E-state index in [0.717, 1.165) is 36.5 Å². The molecule has 194 valence electrons. The molecule has 0 amide bonds. The fraction of sp³-hybridized carbons (Fsp3) is 0.448. The molecule has 3 aromatic heterocycles. The van der Waals surface area contributed by atoms with E-state index in [9.17, 15) is 4.79 Å². The molecule has 1 unspecified atom stereocenters. The lowest BCUT2D eigenvalue weighted by molar-refractivity contribution is 0.303. The number of pyridine rings is 1. The summed E-state index contributed by atoms with van der Waals surface area (Å²) in [5, 5.41) is 3.88. The second kappa shape index (κ2) is 9.74. The molecule has 1 aromatic carbocycles. The van der Waals surface area contributed by atoms with Crippen molar-refractivity contribution in [2.24, 2.45) is 5.92 Å². The molecule has 0 aliphatic heterocycles. The van der Waals surface area contributed by atoms with Gasteiger partial charge in [0.25, 0.3) is 5.56 Å². The summed E-state index contributed by atoms with van der Waals surface area (Å²) in [4.78, 5) is 29.3. The number of nitrogens with one attached hydrogen (secondary N) is 1. The summed E-state index contributed by atoms with van der Waals surface area (Å²) in [5.41, 5.74) is 5.97. The zero-order valence-electron chi connectivity index (χ0n) is 22.7. The molecule has 0 radical (unpaired) electrons. The molecule has 0 fully saturated rings. The minimum atomic E-state index is -0.114. The summed E-state index contributed by atoms with van der Waals surface area (Å²) >= 11 is 0. The topological polar surface area (TPSA) is 80.9 Å². The van der Waals surface area contributed by atoms with Crippen molar-refractivity contribution in [3.05, 3.63) is 69.9 Å². The predicted molar refractivity (Wildman–Crippen MR) is 149 cm³/mol. The number of fused-ring (bicyclic) bond motifs is 2. The summed E-state index contributed by atoms with van der Waals surface area (Å²) < 4.78 is 3.59. The van der Waals surface area contributed by atoms with Crippen LogP contribution in [-0.4, -0.2) is 49.9 Å². The normalized spacial score (nSPS) is 15.8. The average molecular weight is 500 g/mol. The third kappa shape index (κ3) is 5.03. The van der Waals surface area contributed by atoms with Gasteiger partial charge in [0.15, 0.2) is 5.65 Å². The molecule has 1 aliphatic rings. The Hall–Kier alpha value is -3.52. The molecule has 0 bridgehead atoms. The summed E-state index contributed by atoms with van der Waals surface area (Å²) in [6.07, 6.45) is 6.83. The first-order chi connectivity index (χ1) is 17.6. The Labute approximate surface area is 218 Å². The van der Waals surface area contributed by atoms with Crippen molar-refractivity contribution in [3.63, 3.8) is 0 Å². The Morgan fingerprint density at radius 3 is 2.65 bits per heavy atom. The maximum Gasteiger partial charge on any atom is 0.278 e. The Morgan fingerprint density at radius 2 is 1.92 bits per heavy atom. The SMILES string of the molecule is CCn1c(=O)c2cnc(Nc3ccc4c(c3)CCC(CN(C)C)C4)nc2n1-c1ccnc(C(C)(C)C)c1. The number of nitrogens with zero attached hydrogens (tertiary/aromatic N) is 6. The molecule has 1 atom stereocenters. The third-order valence-electron chi connectivity index (χ3n) is 7.15. The van der Waals surface area contributed by atoms with Crippen LogP contribution in [0.15, 0.2) is 47.5 Å². The predicted octanol–water partition coefficient (Wildman–Crippen LogP) is 4.70. The van der Waals surface area contributed by atoms with Crippen molar-refractivity contribution in [1.29, 1.82) is 0 Å². The number of aromatic nitrogens is 5. The molecular weight excluding hydrogens is 462 g/mol. The minimum Gasteiger partial charge on any atom is -0.324 e. The first-order valence-electron chi connectivity index (χ1n) is 13.1. The standard InChI is InChI=1S/C29H37N7O/c1-7-35-27(37)24-17-31-28(33-26(24)36(35)23-12-13-30-25(16-23)29(2,3)4)32-22-11-10-20-14-19(18-34(5)6)8-9-21(20)15-22/h10-13,15-17,19H,7-9,14,18H2,1-6H3,(H,31,32,33). The van der Waals surface area contributed by atoms with Gasteiger partial charge < -0.3 is 10.2 Å². The van der Waals surface area contributed by atoms with Gasteiger partial charge in [-0.15, -0.1) is 0 Å². The van der Waals surface area contributed by atoms with Crippen LogP contribution in [-0.2, 0) is 24.8 Å². The third-order valence-corrected chi connectivity index (χ3v) is 7.15. The van der Waals surface area contributed by atoms with Crippen LogP contribution >= 0.6 is 0 Å². The van der Waals surface area contributed by atoms with Gasteiger partial charge in [0.05, 0.1) is 5.69 Å². The minimum absolute atomic E-state index is 0.0979. The zero-order chi connectivity index (χ0) is 26.3. The monoisotopic (exact) mass is 499 g/mol. The van der Waals surface area contributed by atoms with Gasteiger partial charge in [-0.25, -0.2) is 14.3 Å². The molecule has 0 spiro atoms. The van der Waals surface area contributed by atoms with Gasteiger partial charge >= 0.3 is 0 Å². The lowest BCUT2D eigenvalue weighted by atomic mass is 9.83. The zero-order valence-corrected chi connectivity index (χ0v) is 22.7. The van der Waals surface area contributed by atoms with Crippen LogP contribution in [0.4, 0.5) is 11.6 Å². The van der Waals surface area contributed by atoms with E-state index in [0.29, 0.717) is 29.4 Å². The first kappa shape index (κ1) is 25.1. The number of hydrogen-bond acceptors (Lipinski definition) is 6. The van der Waals surface area contributed by atoms with Crippen molar-refractivity contribution in [2.45, 2.75) is 58.9 Å². The van der Waals surface area contributed by atoms with Crippen LogP contribution in [0.2, 0.25) is 0 Å². The van der Waals surface area contributed by atoms with E-state index in [2.05, 4.69) is 73.3 Å². The van der Waals surface area contributed by atoms with E-state index in [1.165, 1.54) is 17.5 Å². The van der Waals surface area contributed by atoms with Crippen LogP contribution in [0.3, 0.4) is 0 Å². The molecular formula is C29H37N7O. The number of aryl methyl sites for hydroxylation is 1. The van der Waals surface area contributed by atoms with Gasteiger partial charge in [-0.1, -0.05) is 26.8 Å². The van der Waals surface area contributed by atoms with Gasteiger partial charge in [0.1, 0.15) is 5.39 Å². The van der Waals surface area contributed by atoms with Crippen molar-refractivity contribution in [2.75, 3.05) is 26.0 Å². The number of hydrogen-bond donors (Lipinski definition) is 1. The van der Waals surface area contributed by atoms with E-state index in [1.54, 1.807) is 17.1 Å². The van der Waals surface area contributed by atoms with Crippen molar-refractivity contribution in [3.8, 4) is 5.69 Å². The van der Waals surface area contributed by atoms with E-state index in [1.807, 2.05) is 23.7 Å². The van der Waals surface area contributed by atoms with Gasteiger partial charge in [-0.3, -0.25) is 9.78 Å². The summed E-state index contributed by atoms with van der Waals surface area (Å²) in [5.74, 6) is 1.18. The summed E-state index contributed by atoms with van der Waals surface area (Å²) in [7, 11) is 4.29. The molecule has 8 nitrogen and oxygen atoms in total. The second-order valence-electron chi connectivity index (χ2n) is 11.4. The molecule has 37 heavy (non-hydrogen) atoms. The molecule has 0 saturated heterocycles. The lowest BCUT2D eigenvalue weighted by Gasteiger charge is -2.27. The molecule has 5 rings (SSSR count). The first-order valence-corrected chi connectivity index (χ1v) is 13.1. The van der Waals surface area contributed by atoms with Crippen LogP contribution in [0.1, 0.15) is 50.9 Å². The fourth-order valence-electron chi connectivity index (χ4n) is 5.31. The highest BCUT2D eigenvalue weighted by molar-refractivity contribution is 5.77. The molecule has 4 aromatic rings. The van der Waals surface area contributed by atoms with Gasteiger partial charge in [0, 0.05) is 42.3 Å². The van der Waals surface area contributed by atoms with Crippen LogP contribution in [0.5, 0.6) is 0 Å². The Balaban J connectivity index is 1.50. The Bertz CT molecular complexity index is 1490. The van der Waals surface area contributed by atoms with Crippen LogP contribution in [0.25, 0.3) is 16.7 Å². The highest BCUT2D eigenvalue weighted by Crippen LogP contribution is 2.29. The highest BCUT2D eigenvalue weighted by Gasteiger charge is 2.22. The quantitative estimate of drug-likeness (QED) is 0.414. The number of benzene rings is 1. The van der Waals surface area contributed by atoms with E-state index in [4.69, 9.17) is 4.98 Å². The largest absolute Gasteiger partial charge is 0.324 e. The van der Waals surface area contributed by atoms with Gasteiger partial charge in [-0.05, 0) is 81.6 Å². The maximum absolute atomic E-state index is 13.2. The number of rotatable bonds is 6. The van der Waals surface area contributed by atoms with E-state index >= 15 is 0 Å². The smallest absolute Gasteiger partial charge is 0.278 e. The number of anilines is 2. The maximum atomic E-state index is 13.2. The van der Waals surface area contributed by atoms with Crippen molar-refractivity contribution >= 4 is 22.7 Å². The van der Waals surface area contributed by atoms with Gasteiger partial charge in [-0.2, -0.15) is 4.98 Å². The summed E-state index contributed by atoms with van der Waals surface area (Å²) in [6.45, 7) is 10.00. The highest BCUT2D eigenvalue weighted by atomic mass is 16.1. The van der Waals surface area contributed by atoms with E-state index < -0.39 is 0 Å². The van der Waals surface area contributed by atoms with Crippen molar-refractivity contribution in [1.82, 2.24) is 29.2 Å².